The Hall–Kier alpha value is -0.0800. The van der Waals surface area contributed by atoms with Gasteiger partial charge in [0.1, 0.15) is 0 Å². The standard InChI is InChI=1S/C8H20N2/c1-7(9(3)4)8(2)10(5)6/h7-8H,1-6H3/t7-,8-/m0/s1. The van der Waals surface area contributed by atoms with E-state index in [1.807, 2.05) is 0 Å². The smallest absolute Gasteiger partial charge is 0.0214 e. The molecular formula is C8H20N2. The summed E-state index contributed by atoms with van der Waals surface area (Å²) in [5.41, 5.74) is 0. The maximum absolute atomic E-state index is 2.24. The van der Waals surface area contributed by atoms with E-state index < -0.39 is 0 Å². The summed E-state index contributed by atoms with van der Waals surface area (Å²) >= 11 is 0. The molecule has 2 nitrogen and oxygen atoms in total. The molecular weight excluding hydrogens is 124 g/mol. The first-order valence-electron chi connectivity index (χ1n) is 3.79. The fourth-order valence-corrected chi connectivity index (χ4v) is 0.863. The Morgan fingerprint density at radius 1 is 0.700 bits per heavy atom. The summed E-state index contributed by atoms with van der Waals surface area (Å²) in [7, 11) is 8.46. The van der Waals surface area contributed by atoms with Crippen molar-refractivity contribution in [1.82, 2.24) is 9.80 Å². The number of hydrogen-bond acceptors (Lipinski definition) is 2. The summed E-state index contributed by atoms with van der Waals surface area (Å²) < 4.78 is 0. The largest absolute Gasteiger partial charge is 0.305 e. The van der Waals surface area contributed by atoms with E-state index in [0.29, 0.717) is 12.1 Å². The maximum atomic E-state index is 2.24. The Kier molecular flexibility index (Phi) is 3.91. The number of likely N-dealkylation sites (N-methyl/N-ethyl adjacent to an activating group) is 2. The summed E-state index contributed by atoms with van der Waals surface area (Å²) in [6.07, 6.45) is 0. The van der Waals surface area contributed by atoms with Crippen molar-refractivity contribution >= 4 is 0 Å². The molecule has 0 saturated heterocycles. The molecule has 2 heteroatoms. The second-order valence-corrected chi connectivity index (χ2v) is 3.41. The van der Waals surface area contributed by atoms with Gasteiger partial charge in [-0.15, -0.1) is 0 Å². The average Bonchev–Trinajstić information content (AvgIpc) is 1.84. The molecule has 62 valence electrons. The van der Waals surface area contributed by atoms with Crippen LogP contribution >= 0.6 is 0 Å². The molecule has 10 heavy (non-hydrogen) atoms. The normalized spacial score (nSPS) is 18.0. The van der Waals surface area contributed by atoms with Gasteiger partial charge in [-0.2, -0.15) is 0 Å². The molecule has 0 aromatic carbocycles. The van der Waals surface area contributed by atoms with Gasteiger partial charge in [-0.05, 0) is 42.0 Å². The number of hydrogen-bond donors (Lipinski definition) is 0. The third-order valence-electron chi connectivity index (χ3n) is 2.33. The van der Waals surface area contributed by atoms with Crippen LogP contribution in [0.2, 0.25) is 0 Å². The summed E-state index contributed by atoms with van der Waals surface area (Å²) in [5.74, 6) is 0. The van der Waals surface area contributed by atoms with Gasteiger partial charge in [-0.25, -0.2) is 0 Å². The fraction of sp³-hybridized carbons (Fsp3) is 1.00. The third kappa shape index (κ3) is 2.67. The lowest BCUT2D eigenvalue weighted by Crippen LogP contribution is -2.42. The van der Waals surface area contributed by atoms with Crippen molar-refractivity contribution in [3.8, 4) is 0 Å². The lowest BCUT2D eigenvalue weighted by Gasteiger charge is -2.31. The highest BCUT2D eigenvalue weighted by Crippen LogP contribution is 2.03. The lowest BCUT2D eigenvalue weighted by molar-refractivity contribution is 0.176. The second-order valence-electron chi connectivity index (χ2n) is 3.41. The molecule has 0 unspecified atom stereocenters. The summed E-state index contributed by atoms with van der Waals surface area (Å²) in [4.78, 5) is 4.48. The highest BCUT2D eigenvalue weighted by atomic mass is 15.2. The SMILES string of the molecule is C[C@@H]([C@H](C)N(C)C)N(C)C. The van der Waals surface area contributed by atoms with E-state index in [0.717, 1.165) is 0 Å². The molecule has 0 rings (SSSR count). The monoisotopic (exact) mass is 144 g/mol. The van der Waals surface area contributed by atoms with Crippen molar-refractivity contribution in [2.24, 2.45) is 0 Å². The van der Waals surface area contributed by atoms with Gasteiger partial charge < -0.3 is 9.80 Å². The van der Waals surface area contributed by atoms with Crippen LogP contribution in [0.1, 0.15) is 13.8 Å². The highest BCUT2D eigenvalue weighted by Gasteiger charge is 2.14. The minimum atomic E-state index is 0.620. The zero-order chi connectivity index (χ0) is 8.31. The summed E-state index contributed by atoms with van der Waals surface area (Å²) in [5, 5.41) is 0. The van der Waals surface area contributed by atoms with Crippen LogP contribution in [0, 0.1) is 0 Å². The molecule has 0 aromatic rings. The Bertz CT molecular complexity index is 77.3. The number of rotatable bonds is 3. The van der Waals surface area contributed by atoms with Crippen LogP contribution in [-0.2, 0) is 0 Å². The predicted octanol–water partition coefficient (Wildman–Crippen LogP) is 0.887. The minimum absolute atomic E-state index is 0.620. The molecule has 0 radical (unpaired) electrons. The Morgan fingerprint density at radius 2 is 0.900 bits per heavy atom. The third-order valence-corrected chi connectivity index (χ3v) is 2.33. The molecule has 0 saturated carbocycles. The van der Waals surface area contributed by atoms with Gasteiger partial charge >= 0.3 is 0 Å². The van der Waals surface area contributed by atoms with Crippen molar-refractivity contribution in [2.75, 3.05) is 28.2 Å². The van der Waals surface area contributed by atoms with E-state index in [2.05, 4.69) is 51.8 Å². The van der Waals surface area contributed by atoms with Gasteiger partial charge in [0.2, 0.25) is 0 Å². The molecule has 0 bridgehead atoms. The van der Waals surface area contributed by atoms with Crippen molar-refractivity contribution in [2.45, 2.75) is 25.9 Å². The first kappa shape index (κ1) is 9.92. The first-order valence-corrected chi connectivity index (χ1v) is 3.79. The van der Waals surface area contributed by atoms with E-state index in [-0.39, 0.29) is 0 Å². The molecule has 2 atom stereocenters. The Labute approximate surface area is 64.8 Å². The highest BCUT2D eigenvalue weighted by molar-refractivity contribution is 4.72. The van der Waals surface area contributed by atoms with Crippen molar-refractivity contribution in [3.63, 3.8) is 0 Å². The van der Waals surface area contributed by atoms with E-state index in [1.54, 1.807) is 0 Å². The van der Waals surface area contributed by atoms with Crippen LogP contribution in [-0.4, -0.2) is 50.1 Å². The zero-order valence-corrected chi connectivity index (χ0v) is 8.05. The maximum Gasteiger partial charge on any atom is 0.0214 e. The van der Waals surface area contributed by atoms with E-state index >= 15 is 0 Å². The molecule has 0 amide bonds. The Balaban J connectivity index is 3.81. The van der Waals surface area contributed by atoms with Crippen LogP contribution in [0.5, 0.6) is 0 Å². The molecule has 0 spiro atoms. The van der Waals surface area contributed by atoms with Crippen molar-refractivity contribution < 1.29 is 0 Å². The fourth-order valence-electron chi connectivity index (χ4n) is 0.863. The molecule has 0 aromatic heterocycles. The number of nitrogens with zero attached hydrogens (tertiary/aromatic N) is 2. The van der Waals surface area contributed by atoms with Gasteiger partial charge in [-0.3, -0.25) is 0 Å². The lowest BCUT2D eigenvalue weighted by atomic mass is 10.1. The average molecular weight is 144 g/mol. The van der Waals surface area contributed by atoms with E-state index in [4.69, 9.17) is 0 Å². The molecule has 0 aliphatic heterocycles. The molecule has 0 aliphatic carbocycles. The van der Waals surface area contributed by atoms with E-state index in [9.17, 15) is 0 Å². The zero-order valence-electron chi connectivity index (χ0n) is 8.05. The van der Waals surface area contributed by atoms with Crippen LogP contribution in [0.15, 0.2) is 0 Å². The van der Waals surface area contributed by atoms with Gasteiger partial charge in [0.25, 0.3) is 0 Å². The van der Waals surface area contributed by atoms with Gasteiger partial charge in [0.15, 0.2) is 0 Å². The minimum Gasteiger partial charge on any atom is -0.305 e. The molecule has 0 aliphatic rings. The van der Waals surface area contributed by atoms with Crippen molar-refractivity contribution in [1.29, 1.82) is 0 Å². The van der Waals surface area contributed by atoms with Crippen LogP contribution in [0.4, 0.5) is 0 Å². The predicted molar refractivity (Wildman–Crippen MR) is 46.3 cm³/mol. The molecule has 0 fully saturated rings. The second kappa shape index (κ2) is 3.94. The summed E-state index contributed by atoms with van der Waals surface area (Å²) in [6, 6.07) is 1.24. The summed E-state index contributed by atoms with van der Waals surface area (Å²) in [6.45, 7) is 4.48. The Morgan fingerprint density at radius 3 is 1.00 bits per heavy atom. The van der Waals surface area contributed by atoms with Crippen LogP contribution in [0.3, 0.4) is 0 Å². The van der Waals surface area contributed by atoms with E-state index in [1.165, 1.54) is 0 Å². The topological polar surface area (TPSA) is 6.48 Å². The first-order chi connectivity index (χ1) is 4.46. The van der Waals surface area contributed by atoms with Gasteiger partial charge in [0, 0.05) is 12.1 Å². The molecule has 0 heterocycles. The quantitative estimate of drug-likeness (QED) is 0.580. The van der Waals surface area contributed by atoms with Crippen LogP contribution in [0.25, 0.3) is 0 Å². The van der Waals surface area contributed by atoms with Crippen LogP contribution < -0.4 is 0 Å². The van der Waals surface area contributed by atoms with Gasteiger partial charge in [-0.1, -0.05) is 0 Å². The van der Waals surface area contributed by atoms with Crippen molar-refractivity contribution in [3.05, 3.63) is 0 Å². The van der Waals surface area contributed by atoms with Gasteiger partial charge in [0.05, 0.1) is 0 Å². The molecule has 0 N–H and O–H groups in total.